The highest BCUT2D eigenvalue weighted by molar-refractivity contribution is 5.94. The third kappa shape index (κ3) is 3.34. The average molecular weight is 307 g/mol. The van der Waals surface area contributed by atoms with E-state index in [9.17, 15) is 4.79 Å². The van der Waals surface area contributed by atoms with Gasteiger partial charge in [-0.1, -0.05) is 0 Å². The topological polar surface area (TPSA) is 57.2 Å². The number of hydrogen-bond acceptors (Lipinski definition) is 6. The number of benzene rings is 1. The van der Waals surface area contributed by atoms with Gasteiger partial charge in [-0.15, -0.1) is 0 Å². The fraction of sp³-hybridized carbons (Fsp3) is 0.562. The summed E-state index contributed by atoms with van der Waals surface area (Å²) in [6.45, 7) is 5.45. The molecule has 6 heteroatoms. The van der Waals surface area contributed by atoms with Gasteiger partial charge >= 0.3 is 5.97 Å². The summed E-state index contributed by atoms with van der Waals surface area (Å²) in [6.07, 6.45) is 0.921. The number of ether oxygens (including phenoxy) is 4. The second-order valence-corrected chi connectivity index (χ2v) is 5.39. The van der Waals surface area contributed by atoms with Gasteiger partial charge in [-0.3, -0.25) is 4.90 Å². The van der Waals surface area contributed by atoms with E-state index in [-0.39, 0.29) is 5.97 Å². The molecule has 0 radical (unpaired) electrons. The van der Waals surface area contributed by atoms with Crippen LogP contribution in [0.3, 0.4) is 0 Å². The summed E-state index contributed by atoms with van der Waals surface area (Å²) in [5, 5.41) is 0. The predicted molar refractivity (Wildman–Crippen MR) is 79.5 cm³/mol. The van der Waals surface area contributed by atoms with Crippen molar-refractivity contribution in [1.29, 1.82) is 0 Å². The van der Waals surface area contributed by atoms with E-state index in [1.54, 1.807) is 13.2 Å². The zero-order chi connectivity index (χ0) is 15.4. The minimum Gasteiger partial charge on any atom is -0.493 e. The molecule has 0 atom stereocenters. The Morgan fingerprint density at radius 3 is 2.82 bits per heavy atom. The van der Waals surface area contributed by atoms with Crippen molar-refractivity contribution in [3.05, 3.63) is 23.3 Å². The van der Waals surface area contributed by atoms with E-state index in [1.165, 1.54) is 0 Å². The summed E-state index contributed by atoms with van der Waals surface area (Å²) in [7, 11) is 1.60. The highest BCUT2D eigenvalue weighted by Crippen LogP contribution is 2.34. The molecule has 2 heterocycles. The van der Waals surface area contributed by atoms with Gasteiger partial charge in [0.15, 0.2) is 11.5 Å². The standard InChI is InChI=1S/C16H21NO5/c1-19-14-9-12-11-22-16(18)13(12)10-15(14)21-6-2-3-17-4-7-20-8-5-17/h9-10H,2-8,11H2,1H3. The SMILES string of the molecule is COc1cc2c(cc1OCCCN1CCOCC1)C(=O)OC2. The maximum atomic E-state index is 11.6. The van der Waals surface area contributed by atoms with Crippen LogP contribution in [0.2, 0.25) is 0 Å². The van der Waals surface area contributed by atoms with Crippen molar-refractivity contribution < 1.29 is 23.7 Å². The third-order valence-corrected chi connectivity index (χ3v) is 3.95. The van der Waals surface area contributed by atoms with Crippen LogP contribution in [-0.2, 0) is 16.1 Å². The van der Waals surface area contributed by atoms with Crippen molar-refractivity contribution in [1.82, 2.24) is 4.90 Å². The maximum absolute atomic E-state index is 11.6. The lowest BCUT2D eigenvalue weighted by Crippen LogP contribution is -2.37. The van der Waals surface area contributed by atoms with Crippen LogP contribution in [-0.4, -0.2) is 57.4 Å². The van der Waals surface area contributed by atoms with E-state index in [0.717, 1.165) is 44.8 Å². The van der Waals surface area contributed by atoms with Crippen LogP contribution in [0, 0.1) is 0 Å². The van der Waals surface area contributed by atoms with E-state index < -0.39 is 0 Å². The molecule has 0 amide bonds. The van der Waals surface area contributed by atoms with E-state index in [2.05, 4.69) is 4.90 Å². The van der Waals surface area contributed by atoms with Crippen molar-refractivity contribution in [2.24, 2.45) is 0 Å². The highest BCUT2D eigenvalue weighted by atomic mass is 16.5. The van der Waals surface area contributed by atoms with Crippen LogP contribution >= 0.6 is 0 Å². The maximum Gasteiger partial charge on any atom is 0.339 e. The third-order valence-electron chi connectivity index (χ3n) is 3.95. The van der Waals surface area contributed by atoms with Crippen LogP contribution in [0.5, 0.6) is 11.5 Å². The average Bonchev–Trinajstić information content (AvgIpc) is 2.92. The summed E-state index contributed by atoms with van der Waals surface area (Å²) >= 11 is 0. The van der Waals surface area contributed by atoms with E-state index >= 15 is 0 Å². The highest BCUT2D eigenvalue weighted by Gasteiger charge is 2.24. The Hall–Kier alpha value is -1.79. The molecule has 6 nitrogen and oxygen atoms in total. The molecule has 1 aromatic rings. The monoisotopic (exact) mass is 307 g/mol. The molecule has 0 N–H and O–H groups in total. The fourth-order valence-corrected chi connectivity index (χ4v) is 2.70. The molecule has 2 aliphatic heterocycles. The van der Waals surface area contributed by atoms with Crippen LogP contribution in [0.15, 0.2) is 12.1 Å². The first-order valence-corrected chi connectivity index (χ1v) is 7.59. The first kappa shape index (κ1) is 15.1. The molecular weight excluding hydrogens is 286 g/mol. The molecule has 0 saturated carbocycles. The molecule has 1 saturated heterocycles. The van der Waals surface area contributed by atoms with Gasteiger partial charge in [0.25, 0.3) is 0 Å². The lowest BCUT2D eigenvalue weighted by Gasteiger charge is -2.26. The number of morpholine rings is 1. The molecule has 0 bridgehead atoms. The molecule has 1 fully saturated rings. The van der Waals surface area contributed by atoms with E-state index in [0.29, 0.717) is 30.3 Å². The predicted octanol–water partition coefficient (Wildman–Crippen LogP) is 1.47. The summed E-state index contributed by atoms with van der Waals surface area (Å²) < 4.78 is 21.5. The van der Waals surface area contributed by atoms with Crippen LogP contribution < -0.4 is 9.47 Å². The Morgan fingerprint density at radius 1 is 1.23 bits per heavy atom. The molecule has 0 aliphatic carbocycles. The van der Waals surface area contributed by atoms with Crippen molar-refractivity contribution >= 4 is 5.97 Å². The van der Waals surface area contributed by atoms with Crippen molar-refractivity contribution in [2.75, 3.05) is 46.6 Å². The smallest absolute Gasteiger partial charge is 0.339 e. The summed E-state index contributed by atoms with van der Waals surface area (Å²) in [4.78, 5) is 14.0. The number of carbonyl (C=O) groups excluding carboxylic acids is 1. The number of hydrogen-bond donors (Lipinski definition) is 0. The van der Waals surface area contributed by atoms with Crippen molar-refractivity contribution in [2.45, 2.75) is 13.0 Å². The van der Waals surface area contributed by atoms with Gasteiger partial charge in [0.1, 0.15) is 6.61 Å². The van der Waals surface area contributed by atoms with Gasteiger partial charge in [-0.25, -0.2) is 4.79 Å². The van der Waals surface area contributed by atoms with E-state index in [4.69, 9.17) is 18.9 Å². The van der Waals surface area contributed by atoms with Gasteiger partial charge in [-0.05, 0) is 18.6 Å². The van der Waals surface area contributed by atoms with Crippen LogP contribution in [0.4, 0.5) is 0 Å². The fourth-order valence-electron chi connectivity index (χ4n) is 2.70. The second-order valence-electron chi connectivity index (χ2n) is 5.39. The summed E-state index contributed by atoms with van der Waals surface area (Å²) in [5.74, 6) is 0.946. The molecular formula is C16H21NO5. The Balaban J connectivity index is 1.55. The van der Waals surface area contributed by atoms with E-state index in [1.807, 2.05) is 6.07 Å². The largest absolute Gasteiger partial charge is 0.493 e. The first-order chi connectivity index (χ1) is 10.8. The zero-order valence-corrected chi connectivity index (χ0v) is 12.8. The van der Waals surface area contributed by atoms with Gasteiger partial charge in [0.05, 0.1) is 32.5 Å². The number of carbonyl (C=O) groups is 1. The van der Waals surface area contributed by atoms with Gasteiger partial charge in [0.2, 0.25) is 0 Å². The molecule has 0 spiro atoms. The number of fused-ring (bicyclic) bond motifs is 1. The van der Waals surface area contributed by atoms with Crippen molar-refractivity contribution in [3.63, 3.8) is 0 Å². The van der Waals surface area contributed by atoms with Gasteiger partial charge < -0.3 is 18.9 Å². The molecule has 3 rings (SSSR count). The van der Waals surface area contributed by atoms with Crippen molar-refractivity contribution in [3.8, 4) is 11.5 Å². The molecule has 0 aromatic heterocycles. The Morgan fingerprint density at radius 2 is 2.05 bits per heavy atom. The van der Waals surface area contributed by atoms with Crippen LogP contribution in [0.1, 0.15) is 22.3 Å². The Labute approximate surface area is 129 Å². The molecule has 22 heavy (non-hydrogen) atoms. The normalized spacial score (nSPS) is 18.0. The molecule has 0 unspecified atom stereocenters. The Bertz CT molecular complexity index is 540. The molecule has 2 aliphatic rings. The zero-order valence-electron chi connectivity index (χ0n) is 12.8. The first-order valence-electron chi connectivity index (χ1n) is 7.59. The number of esters is 1. The lowest BCUT2D eigenvalue weighted by atomic mass is 10.1. The minimum absolute atomic E-state index is 0.296. The number of methoxy groups -OCH3 is 1. The minimum atomic E-state index is -0.296. The number of rotatable bonds is 6. The lowest BCUT2D eigenvalue weighted by molar-refractivity contribution is 0.0357. The van der Waals surface area contributed by atoms with Crippen LogP contribution in [0.25, 0.3) is 0 Å². The second kappa shape index (κ2) is 6.98. The van der Waals surface area contributed by atoms with Gasteiger partial charge in [0, 0.05) is 25.2 Å². The summed E-state index contributed by atoms with van der Waals surface area (Å²) in [5.41, 5.74) is 1.42. The number of cyclic esters (lactones) is 1. The summed E-state index contributed by atoms with van der Waals surface area (Å²) in [6, 6.07) is 3.54. The van der Waals surface area contributed by atoms with Gasteiger partial charge in [-0.2, -0.15) is 0 Å². The number of nitrogens with zero attached hydrogens (tertiary/aromatic N) is 1. The Kier molecular flexibility index (Phi) is 4.80. The quantitative estimate of drug-likeness (QED) is 0.586. The molecule has 1 aromatic carbocycles. The molecule has 120 valence electrons.